The van der Waals surface area contributed by atoms with Crippen LogP contribution in [0.25, 0.3) is 22.5 Å². The van der Waals surface area contributed by atoms with Crippen molar-refractivity contribution in [2.75, 3.05) is 196 Å². The number of nitrogens with zero attached hydrogens (tertiary/aromatic N) is 5. The second kappa shape index (κ2) is 61.9. The molecule has 5 aromatic rings. The number of carbonyl (C=O) groups is 10. The van der Waals surface area contributed by atoms with Crippen molar-refractivity contribution < 1.29 is 145 Å². The van der Waals surface area contributed by atoms with Crippen LogP contribution >= 0.6 is 0 Å². The van der Waals surface area contributed by atoms with Crippen LogP contribution in [0.2, 0.25) is 0 Å². The summed E-state index contributed by atoms with van der Waals surface area (Å²) in [6.07, 6.45) is -9.51. The molecule has 2 aliphatic heterocycles. The smallest absolute Gasteiger partial charge is 0.411 e. The molecular weight excluding hydrogens is 1830 g/mol. The van der Waals surface area contributed by atoms with Crippen LogP contribution in [0.1, 0.15) is 136 Å². The lowest BCUT2D eigenvalue weighted by molar-refractivity contribution is -0.271. The Morgan fingerprint density at radius 3 is 1.66 bits per heavy atom. The highest BCUT2D eigenvalue weighted by atomic mass is 16.7. The standard InChI is InChI=1S/C98H146N12O30/c1-64(2)76(57-66(5)93(121)122)108(12)92(120)89(97(6,7)8)105-91(119)88(99-11)98(9,10)70-22-20-23-71(59-70)103-96(125)138-63-67-29-30-77(139-95-86(117)84(115)85(116)87(140-95)94(123)124)69(58-67)60-101-78(111)31-33-100-90(118)74(104-80(113)27-18-19-28-81(114)109-62-68-21-14-15-24-72(68)82-83(110(65(3)4)107-106-82)73-25-16-17-26-75(73)109)61-102-79(112)32-34-127-37-38-129-41-42-131-45-46-133-49-50-135-53-54-137-56-55-136-52-51-134-48-47-132-44-43-130-40-39-128-36-35-126-13/h14-17,20-26,29-30,57-59,64-65,74,76,84-89,95,99,115-117H,18-19,27-28,31-56,60-63H2,1-13H3,(H,100,118)(H,101,111)(H,102,112)(H,103,125)(H,104,113)(H,105,119)(H,121,122)(H,123,124)/b66-57+/t74-,76+,84-,85-,86+,87-,88+,89+,95+/m0/s1. The van der Waals surface area contributed by atoms with Gasteiger partial charge in [0.2, 0.25) is 47.6 Å². The number of methoxy groups -OCH3 is 1. The Balaban J connectivity index is 0.895. The number of carbonyl (C=O) groups excluding carboxylic acids is 8. The maximum atomic E-state index is 14.5. The lowest BCUT2D eigenvalue weighted by Gasteiger charge is -2.40. The summed E-state index contributed by atoms with van der Waals surface area (Å²) in [6, 6.07) is 22.1. The van der Waals surface area contributed by atoms with Crippen molar-refractivity contribution in [3.63, 3.8) is 0 Å². The van der Waals surface area contributed by atoms with Gasteiger partial charge in [-0.3, -0.25) is 38.9 Å². The number of nitrogens with one attached hydrogen (secondary N) is 7. The summed E-state index contributed by atoms with van der Waals surface area (Å²) in [6.45, 7) is 25.8. The number of anilines is 2. The van der Waals surface area contributed by atoms with Crippen molar-refractivity contribution in [1.82, 2.24) is 51.8 Å². The van der Waals surface area contributed by atoms with Gasteiger partial charge >= 0.3 is 18.0 Å². The number of hydrogen-bond acceptors (Lipinski definition) is 31. The van der Waals surface area contributed by atoms with Gasteiger partial charge in [0.25, 0.3) is 0 Å². The molecule has 0 radical (unpaired) electrons. The highest BCUT2D eigenvalue weighted by Gasteiger charge is 2.49. The summed E-state index contributed by atoms with van der Waals surface area (Å²) in [7, 11) is 4.79. The molecule has 0 spiro atoms. The average molecular weight is 1970 g/mol. The van der Waals surface area contributed by atoms with Gasteiger partial charge in [-0.25, -0.2) is 19.1 Å². The molecule has 0 bridgehead atoms. The maximum absolute atomic E-state index is 14.5. The van der Waals surface area contributed by atoms with Crippen molar-refractivity contribution in [2.24, 2.45) is 11.3 Å². The predicted molar refractivity (Wildman–Crippen MR) is 513 cm³/mol. The topological polar surface area (TPSA) is 532 Å². The molecule has 12 N–H and O–H groups in total. The third-order valence-electron chi connectivity index (χ3n) is 22.8. The lowest BCUT2D eigenvalue weighted by atomic mass is 9.76. The Morgan fingerprint density at radius 2 is 1.12 bits per heavy atom. The van der Waals surface area contributed by atoms with E-state index in [1.165, 1.54) is 36.1 Å². The Morgan fingerprint density at radius 1 is 0.579 bits per heavy atom. The van der Waals surface area contributed by atoms with E-state index < -0.39 is 126 Å². The number of hydrogen-bond donors (Lipinski definition) is 12. The Kier molecular flexibility index (Phi) is 51.5. The molecule has 2 aliphatic rings. The van der Waals surface area contributed by atoms with Crippen LogP contribution in [-0.2, 0) is 135 Å². The molecule has 4 aromatic carbocycles. The zero-order valence-electron chi connectivity index (χ0n) is 82.8. The van der Waals surface area contributed by atoms with E-state index in [9.17, 15) is 73.5 Å². The number of aliphatic hydroxyl groups excluding tert-OH is 3. The monoisotopic (exact) mass is 1970 g/mol. The SMILES string of the molecule is CN[C@H](C(=O)N[C@H](C(=O)N(C)[C@H](/C=C(\C)C(=O)O)C(C)C)C(C)(C)C)C(C)(C)c1cccc(NC(=O)OCc2ccc(O[C@@H]3O[C@H](C(=O)O)[C@@H](O)[C@H](O)[C@H]3O)c(CNC(=O)CCNC(=O)[C@H](CNC(=O)CCOCCOCCOCCOCCOCCOCCOCCOCCOCCOCCOCCOC)NC(=O)CCCCC(=O)N3Cc4ccccc4-c4nnn(C(C)C)c4-c4ccccc43)c2)c1. The third kappa shape index (κ3) is 39.0. The molecule has 8 amide bonds. The summed E-state index contributed by atoms with van der Waals surface area (Å²) >= 11 is 0. The number of rotatable bonds is 67. The number of benzene rings is 4. The van der Waals surface area contributed by atoms with E-state index in [0.717, 1.165) is 22.4 Å². The van der Waals surface area contributed by atoms with Crippen LogP contribution in [0.4, 0.5) is 16.2 Å². The van der Waals surface area contributed by atoms with E-state index >= 15 is 0 Å². The molecule has 7 rings (SSSR count). The minimum Gasteiger partial charge on any atom is -0.479 e. The van der Waals surface area contributed by atoms with Gasteiger partial charge in [0.15, 0.2) is 6.10 Å². The molecule has 1 fully saturated rings. The molecule has 42 heteroatoms. The minimum absolute atomic E-state index is 0.0208. The van der Waals surface area contributed by atoms with Crippen molar-refractivity contribution >= 4 is 70.8 Å². The van der Waals surface area contributed by atoms with Gasteiger partial charge in [-0.05, 0) is 99.0 Å². The number of carboxylic acid groups (broad SMARTS) is 2. The Bertz CT molecular complexity index is 4700. The molecule has 140 heavy (non-hydrogen) atoms. The van der Waals surface area contributed by atoms with Gasteiger partial charge in [0.1, 0.15) is 48.4 Å². The van der Waals surface area contributed by atoms with E-state index in [1.807, 2.05) is 80.9 Å². The molecule has 0 saturated carbocycles. The molecule has 778 valence electrons. The van der Waals surface area contributed by atoms with Crippen molar-refractivity contribution in [3.8, 4) is 28.3 Å². The highest BCUT2D eigenvalue weighted by Crippen LogP contribution is 2.43. The number of unbranched alkanes of at least 4 members (excludes halogenated alkanes) is 1. The molecule has 42 nitrogen and oxygen atoms in total. The third-order valence-corrected chi connectivity index (χ3v) is 22.8. The molecule has 0 unspecified atom stereocenters. The molecular formula is C98H146N12O30. The molecule has 1 saturated heterocycles. The number of aliphatic hydroxyl groups is 3. The van der Waals surface area contributed by atoms with Crippen LogP contribution in [0.15, 0.2) is 103 Å². The van der Waals surface area contributed by atoms with Crippen LogP contribution in [0, 0.1) is 11.3 Å². The fourth-order valence-electron chi connectivity index (χ4n) is 15.0. The zero-order chi connectivity index (χ0) is 102. The fraction of sp³-hybridized carbons (Fsp3) is 0.612. The maximum Gasteiger partial charge on any atom is 0.411 e. The average Bonchev–Trinajstić information content (AvgIpc) is 1.58. The quantitative estimate of drug-likeness (QED) is 0.0176. The van der Waals surface area contributed by atoms with Crippen LogP contribution in [0.3, 0.4) is 0 Å². The molecule has 9 atom stereocenters. The minimum atomic E-state index is -2.06. The van der Waals surface area contributed by atoms with Crippen LogP contribution in [0.5, 0.6) is 5.75 Å². The first-order valence-electron chi connectivity index (χ1n) is 47.4. The first kappa shape index (κ1) is 116. The summed E-state index contributed by atoms with van der Waals surface area (Å²) in [5, 5.41) is 80.3. The van der Waals surface area contributed by atoms with E-state index in [-0.39, 0.29) is 132 Å². The van der Waals surface area contributed by atoms with Gasteiger partial charge in [-0.15, -0.1) is 5.10 Å². The van der Waals surface area contributed by atoms with Crippen molar-refractivity contribution in [2.45, 2.75) is 194 Å². The number of carboxylic acids is 2. The molecule has 1 aromatic heterocycles. The summed E-state index contributed by atoms with van der Waals surface area (Å²) in [5.74, 6) is -6.78. The number of para-hydroxylation sites is 1. The zero-order valence-corrected chi connectivity index (χ0v) is 82.8. The second-order valence-electron chi connectivity index (χ2n) is 35.6. The predicted octanol–water partition coefficient (Wildman–Crippen LogP) is 5.17. The fourth-order valence-corrected chi connectivity index (χ4v) is 15.0. The molecule has 3 heterocycles. The van der Waals surface area contributed by atoms with E-state index in [1.54, 1.807) is 85.0 Å². The highest BCUT2D eigenvalue weighted by molar-refractivity contribution is 6.00. The van der Waals surface area contributed by atoms with Crippen molar-refractivity contribution in [1.29, 1.82) is 0 Å². The summed E-state index contributed by atoms with van der Waals surface area (Å²) in [4.78, 5) is 139. The van der Waals surface area contributed by atoms with Crippen LogP contribution in [-0.4, -0.2) is 346 Å². The number of fused-ring (bicyclic) bond motifs is 5. The number of aromatic nitrogens is 3. The molecule has 0 aliphatic carbocycles. The van der Waals surface area contributed by atoms with Gasteiger partial charge in [0, 0.05) is 98.9 Å². The number of aliphatic carboxylic acids is 2. The first-order chi connectivity index (χ1) is 67.1. The van der Waals surface area contributed by atoms with E-state index in [2.05, 4.69) is 47.5 Å². The van der Waals surface area contributed by atoms with Crippen molar-refractivity contribution in [3.05, 3.63) is 125 Å². The second-order valence-corrected chi connectivity index (χ2v) is 35.6. The largest absolute Gasteiger partial charge is 0.479 e. The lowest BCUT2D eigenvalue weighted by Crippen LogP contribution is -2.61. The summed E-state index contributed by atoms with van der Waals surface area (Å²) in [5.41, 5.74) is 4.15. The van der Waals surface area contributed by atoms with Gasteiger partial charge < -0.3 is 138 Å². The van der Waals surface area contributed by atoms with E-state index in [0.29, 0.717) is 148 Å². The van der Waals surface area contributed by atoms with E-state index in [4.69, 9.17) is 71.1 Å². The number of ether oxygens (including phenoxy) is 15. The Labute approximate surface area is 818 Å². The van der Waals surface area contributed by atoms with Crippen LogP contribution < -0.4 is 46.9 Å². The summed E-state index contributed by atoms with van der Waals surface area (Å²) < 4.78 is 84.6. The normalized spacial score (nSPS) is 16.3. The first-order valence-corrected chi connectivity index (χ1v) is 47.4. The number of amides is 8. The van der Waals surface area contributed by atoms with Gasteiger partial charge in [-0.2, -0.15) is 0 Å². The van der Waals surface area contributed by atoms with Gasteiger partial charge in [-0.1, -0.05) is 120 Å². The Hall–Kier alpha value is -10.6. The number of likely N-dealkylation sites (N-methyl/N-ethyl adjacent to an activating group) is 2. The van der Waals surface area contributed by atoms with Gasteiger partial charge in [0.05, 0.1) is 182 Å².